The number of nitriles is 2. The fraction of sp³-hybridized carbons (Fsp3) is 0.367. The molecule has 0 N–H and O–H groups in total. The lowest BCUT2D eigenvalue weighted by Crippen LogP contribution is -2.46. The maximum atomic E-state index is 9.47. The summed E-state index contributed by atoms with van der Waals surface area (Å²) < 4.78 is 2.45. The van der Waals surface area contributed by atoms with E-state index in [1.807, 2.05) is 42.3 Å². The van der Waals surface area contributed by atoms with Gasteiger partial charge >= 0.3 is 0 Å². The Morgan fingerprint density at radius 2 is 1.47 bits per heavy atom. The van der Waals surface area contributed by atoms with Gasteiger partial charge in [-0.05, 0) is 72.8 Å². The number of hydrogen-bond donors (Lipinski definition) is 0. The topological polar surface area (TPSA) is 73.4 Å². The number of para-hydroxylation sites is 1. The molecule has 1 aromatic heterocycles. The molecule has 8 heteroatoms. The van der Waals surface area contributed by atoms with Crippen LogP contribution in [-0.2, 0) is 6.54 Å². The van der Waals surface area contributed by atoms with Gasteiger partial charge in [-0.1, -0.05) is 18.2 Å². The second-order valence-corrected chi connectivity index (χ2v) is 11.1. The first-order valence-corrected chi connectivity index (χ1v) is 13.9. The van der Waals surface area contributed by atoms with Crippen LogP contribution in [0.25, 0.3) is 0 Å². The summed E-state index contributed by atoms with van der Waals surface area (Å²) in [6.07, 6.45) is 1.77. The SMILES string of the molecule is Cc1cc(C)c(SN2CCN(c3ccccc3C#N)CC2)cc1CN1CCN(c2ncccc2C#N)CC1. The molecule has 0 bridgehead atoms. The van der Waals surface area contributed by atoms with Crippen molar-refractivity contribution in [1.82, 2.24) is 14.2 Å². The Kier molecular flexibility index (Phi) is 8.14. The van der Waals surface area contributed by atoms with Crippen LogP contribution >= 0.6 is 11.9 Å². The molecule has 0 radical (unpaired) electrons. The summed E-state index contributed by atoms with van der Waals surface area (Å²) in [6, 6.07) is 20.9. The predicted molar refractivity (Wildman–Crippen MR) is 153 cm³/mol. The number of hydrogen-bond acceptors (Lipinski definition) is 8. The number of aryl methyl sites for hydroxylation is 2. The Morgan fingerprint density at radius 3 is 2.21 bits per heavy atom. The van der Waals surface area contributed by atoms with Gasteiger partial charge in [0.1, 0.15) is 18.0 Å². The molecule has 3 heterocycles. The molecular weight excluding hydrogens is 490 g/mol. The number of pyridine rings is 1. The van der Waals surface area contributed by atoms with Crippen LogP contribution in [0.5, 0.6) is 0 Å². The molecule has 0 spiro atoms. The molecule has 2 aliphatic heterocycles. The van der Waals surface area contributed by atoms with E-state index in [-0.39, 0.29) is 0 Å². The van der Waals surface area contributed by atoms with Crippen LogP contribution in [0, 0.1) is 36.5 Å². The molecule has 3 aromatic rings. The Bertz CT molecular complexity index is 1260. The standard InChI is InChI=1S/C30H33N7S/c1-23-18-24(2)29(38-37-16-14-35(15-17-37)28-8-4-3-6-25(28)20-31)19-27(23)22-34-10-12-36(13-11-34)30-26(21-32)7-5-9-33-30/h3-9,18-19H,10-17,22H2,1-2H3. The lowest BCUT2D eigenvalue weighted by molar-refractivity contribution is 0.248. The molecule has 0 unspecified atom stereocenters. The van der Waals surface area contributed by atoms with Crippen molar-refractivity contribution in [2.75, 3.05) is 62.2 Å². The van der Waals surface area contributed by atoms with Gasteiger partial charge in [-0.25, -0.2) is 9.29 Å². The molecule has 2 aromatic carbocycles. The number of benzene rings is 2. The van der Waals surface area contributed by atoms with E-state index in [1.54, 1.807) is 6.20 Å². The van der Waals surface area contributed by atoms with Crippen molar-refractivity contribution >= 4 is 23.5 Å². The summed E-state index contributed by atoms with van der Waals surface area (Å²) >= 11 is 1.86. The van der Waals surface area contributed by atoms with E-state index in [1.165, 1.54) is 21.6 Å². The van der Waals surface area contributed by atoms with Crippen LogP contribution in [0.15, 0.2) is 59.6 Å². The monoisotopic (exact) mass is 523 g/mol. The minimum atomic E-state index is 0.645. The second-order valence-electron chi connectivity index (χ2n) is 9.93. The molecule has 38 heavy (non-hydrogen) atoms. The van der Waals surface area contributed by atoms with E-state index in [0.29, 0.717) is 5.56 Å². The van der Waals surface area contributed by atoms with E-state index in [4.69, 9.17) is 0 Å². The van der Waals surface area contributed by atoms with E-state index in [0.717, 1.165) is 76.0 Å². The predicted octanol–water partition coefficient (Wildman–Crippen LogP) is 4.59. The van der Waals surface area contributed by atoms with Gasteiger partial charge in [0.25, 0.3) is 0 Å². The van der Waals surface area contributed by atoms with Crippen molar-refractivity contribution < 1.29 is 0 Å². The summed E-state index contributed by atoms with van der Waals surface area (Å²) in [4.78, 5) is 12.8. The summed E-state index contributed by atoms with van der Waals surface area (Å²) in [5.41, 5.74) is 6.47. The van der Waals surface area contributed by atoms with Crippen molar-refractivity contribution in [3.05, 3.63) is 82.5 Å². The number of anilines is 2. The summed E-state index contributed by atoms with van der Waals surface area (Å²) in [5, 5.41) is 18.9. The van der Waals surface area contributed by atoms with Crippen LogP contribution in [0.1, 0.15) is 27.8 Å². The molecule has 2 saturated heterocycles. The van der Waals surface area contributed by atoms with Gasteiger partial charge in [-0.2, -0.15) is 10.5 Å². The first-order chi connectivity index (χ1) is 18.6. The van der Waals surface area contributed by atoms with E-state index in [2.05, 4.69) is 68.2 Å². The quantitative estimate of drug-likeness (QED) is 0.435. The van der Waals surface area contributed by atoms with Crippen LogP contribution in [0.2, 0.25) is 0 Å². The minimum Gasteiger partial charge on any atom is -0.368 e. The average Bonchev–Trinajstić information content (AvgIpc) is 2.96. The lowest BCUT2D eigenvalue weighted by atomic mass is 10.0. The summed E-state index contributed by atoms with van der Waals surface area (Å²) in [5.74, 6) is 0.802. The molecule has 0 aliphatic carbocycles. The smallest absolute Gasteiger partial charge is 0.146 e. The van der Waals surface area contributed by atoms with Crippen LogP contribution in [0.4, 0.5) is 11.5 Å². The first-order valence-electron chi connectivity index (χ1n) is 13.1. The van der Waals surface area contributed by atoms with Crippen molar-refractivity contribution in [3.8, 4) is 12.1 Å². The highest BCUT2D eigenvalue weighted by Gasteiger charge is 2.23. The zero-order valence-electron chi connectivity index (χ0n) is 22.1. The maximum Gasteiger partial charge on any atom is 0.146 e. The number of aromatic nitrogens is 1. The Morgan fingerprint density at radius 1 is 0.789 bits per heavy atom. The average molecular weight is 524 g/mol. The van der Waals surface area contributed by atoms with Gasteiger partial charge in [-0.3, -0.25) is 4.90 Å². The Balaban J connectivity index is 1.19. The molecule has 0 saturated carbocycles. The van der Waals surface area contributed by atoms with Crippen molar-refractivity contribution in [2.24, 2.45) is 0 Å². The second kappa shape index (κ2) is 11.9. The zero-order valence-corrected chi connectivity index (χ0v) is 22.9. The lowest BCUT2D eigenvalue weighted by Gasteiger charge is -2.36. The van der Waals surface area contributed by atoms with Crippen LogP contribution < -0.4 is 9.80 Å². The van der Waals surface area contributed by atoms with E-state index < -0.39 is 0 Å². The molecule has 0 amide bonds. The molecule has 2 aliphatic rings. The molecule has 0 atom stereocenters. The molecule has 194 valence electrons. The molecule has 2 fully saturated rings. The van der Waals surface area contributed by atoms with Gasteiger partial charge < -0.3 is 9.80 Å². The summed E-state index contributed by atoms with van der Waals surface area (Å²) in [7, 11) is 0. The van der Waals surface area contributed by atoms with Crippen molar-refractivity contribution in [2.45, 2.75) is 25.3 Å². The number of rotatable bonds is 6. The third kappa shape index (κ3) is 5.79. The van der Waals surface area contributed by atoms with Gasteiger partial charge in [0, 0.05) is 70.0 Å². The third-order valence-corrected chi connectivity index (χ3v) is 8.70. The van der Waals surface area contributed by atoms with Crippen LogP contribution in [-0.4, -0.2) is 66.5 Å². The fourth-order valence-electron chi connectivity index (χ4n) is 5.24. The fourth-order valence-corrected chi connectivity index (χ4v) is 6.26. The van der Waals surface area contributed by atoms with Crippen LogP contribution in [0.3, 0.4) is 0 Å². The van der Waals surface area contributed by atoms with Gasteiger partial charge in [0.05, 0.1) is 16.8 Å². The number of piperazine rings is 2. The number of nitrogens with zero attached hydrogens (tertiary/aromatic N) is 7. The highest BCUT2D eigenvalue weighted by atomic mass is 32.2. The van der Waals surface area contributed by atoms with Gasteiger partial charge in [0.2, 0.25) is 0 Å². The van der Waals surface area contributed by atoms with Gasteiger partial charge in [0.15, 0.2) is 0 Å². The van der Waals surface area contributed by atoms with Crippen molar-refractivity contribution in [3.63, 3.8) is 0 Å². The molecule has 7 nitrogen and oxygen atoms in total. The third-order valence-electron chi connectivity index (χ3n) is 7.44. The Labute approximate surface area is 230 Å². The molecular formula is C30H33N7S. The first kappa shape index (κ1) is 26.1. The molecule has 5 rings (SSSR count). The van der Waals surface area contributed by atoms with Crippen molar-refractivity contribution in [1.29, 1.82) is 10.5 Å². The highest BCUT2D eigenvalue weighted by molar-refractivity contribution is 7.97. The highest BCUT2D eigenvalue weighted by Crippen LogP contribution is 2.31. The summed E-state index contributed by atoms with van der Waals surface area (Å²) in [6.45, 7) is 12.7. The zero-order chi connectivity index (χ0) is 26.5. The minimum absolute atomic E-state index is 0.645. The van der Waals surface area contributed by atoms with Gasteiger partial charge in [-0.15, -0.1) is 0 Å². The largest absolute Gasteiger partial charge is 0.368 e. The Hall–Kier alpha value is -3.56. The normalized spacial score (nSPS) is 16.7. The van der Waals surface area contributed by atoms with E-state index >= 15 is 0 Å². The van der Waals surface area contributed by atoms with E-state index in [9.17, 15) is 10.5 Å². The maximum absolute atomic E-state index is 9.47.